The zero-order valence-corrected chi connectivity index (χ0v) is 8.18. The van der Waals surface area contributed by atoms with Crippen molar-refractivity contribution < 1.29 is 18.7 Å². The van der Waals surface area contributed by atoms with E-state index < -0.39 is 18.8 Å². The fourth-order valence-electron chi connectivity index (χ4n) is 1.99. The van der Waals surface area contributed by atoms with Crippen molar-refractivity contribution in [2.75, 3.05) is 0 Å². The molecule has 0 radical (unpaired) electrons. The number of phenols is 1. The minimum Gasteiger partial charge on any atom is -0.508 e. The SMILES string of the molecule is CC(=O)c1ccc(O)c2c1CC(F)(F)C2. The smallest absolute Gasteiger partial charge is 0.256 e. The van der Waals surface area contributed by atoms with E-state index in [0.717, 1.165) is 0 Å². The van der Waals surface area contributed by atoms with Crippen molar-refractivity contribution >= 4 is 5.78 Å². The van der Waals surface area contributed by atoms with Crippen LogP contribution in [0.1, 0.15) is 28.4 Å². The van der Waals surface area contributed by atoms with E-state index in [1.54, 1.807) is 0 Å². The number of carbonyl (C=O) groups excluding carboxylic acids is 1. The molecule has 0 atom stereocenters. The van der Waals surface area contributed by atoms with Gasteiger partial charge in [0.1, 0.15) is 5.75 Å². The summed E-state index contributed by atoms with van der Waals surface area (Å²) in [6.45, 7) is 1.34. The van der Waals surface area contributed by atoms with Crippen LogP contribution in [0.5, 0.6) is 5.75 Å². The monoisotopic (exact) mass is 212 g/mol. The average molecular weight is 212 g/mol. The van der Waals surface area contributed by atoms with E-state index in [1.807, 2.05) is 0 Å². The number of hydrogen-bond donors (Lipinski definition) is 1. The van der Waals surface area contributed by atoms with E-state index in [1.165, 1.54) is 19.1 Å². The Morgan fingerprint density at radius 2 is 1.93 bits per heavy atom. The molecule has 0 aliphatic heterocycles. The first-order valence-electron chi connectivity index (χ1n) is 4.63. The third-order valence-electron chi connectivity index (χ3n) is 2.66. The number of alkyl halides is 2. The van der Waals surface area contributed by atoms with Gasteiger partial charge in [-0.25, -0.2) is 8.78 Å². The molecular weight excluding hydrogens is 202 g/mol. The van der Waals surface area contributed by atoms with Gasteiger partial charge in [-0.1, -0.05) is 0 Å². The third kappa shape index (κ3) is 1.60. The topological polar surface area (TPSA) is 37.3 Å². The molecule has 1 N–H and O–H groups in total. The first-order chi connectivity index (χ1) is 6.91. The van der Waals surface area contributed by atoms with Crippen molar-refractivity contribution in [1.82, 2.24) is 0 Å². The Morgan fingerprint density at radius 1 is 1.33 bits per heavy atom. The average Bonchev–Trinajstić information content (AvgIpc) is 2.41. The normalized spacial score (nSPS) is 17.5. The van der Waals surface area contributed by atoms with Crippen molar-refractivity contribution in [2.24, 2.45) is 0 Å². The molecular formula is C11H10F2O2. The Bertz CT molecular complexity index is 438. The predicted octanol–water partition coefficient (Wildman–Crippen LogP) is 2.33. The van der Waals surface area contributed by atoms with Crippen LogP contribution >= 0.6 is 0 Å². The van der Waals surface area contributed by atoms with Crippen LogP contribution in [0.25, 0.3) is 0 Å². The minimum atomic E-state index is -2.84. The molecule has 0 saturated carbocycles. The standard InChI is InChI=1S/C11H10F2O2/c1-6(14)7-2-3-10(15)9-5-11(12,13)4-8(7)9/h2-3,15H,4-5H2,1H3. The van der Waals surface area contributed by atoms with Crippen molar-refractivity contribution in [3.05, 3.63) is 28.8 Å². The van der Waals surface area contributed by atoms with Gasteiger partial charge in [0.05, 0.1) is 0 Å². The first kappa shape index (κ1) is 10.1. The second kappa shape index (κ2) is 3.02. The molecule has 1 aromatic carbocycles. The Hall–Kier alpha value is -1.45. The summed E-state index contributed by atoms with van der Waals surface area (Å²) < 4.78 is 26.3. The summed E-state index contributed by atoms with van der Waals surface area (Å²) >= 11 is 0. The van der Waals surface area contributed by atoms with Gasteiger partial charge in [0, 0.05) is 24.0 Å². The fourth-order valence-corrected chi connectivity index (χ4v) is 1.99. The Morgan fingerprint density at radius 3 is 2.53 bits per heavy atom. The van der Waals surface area contributed by atoms with Crippen LogP contribution < -0.4 is 0 Å². The molecule has 0 saturated heterocycles. The van der Waals surface area contributed by atoms with Gasteiger partial charge in [0.2, 0.25) is 0 Å². The number of benzene rings is 1. The molecule has 0 fully saturated rings. The number of phenolic OH excluding ortho intramolecular Hbond substituents is 1. The molecule has 2 nitrogen and oxygen atoms in total. The van der Waals surface area contributed by atoms with Gasteiger partial charge >= 0.3 is 0 Å². The van der Waals surface area contributed by atoms with E-state index in [-0.39, 0.29) is 17.1 Å². The van der Waals surface area contributed by atoms with Crippen LogP contribution in [-0.4, -0.2) is 16.8 Å². The van der Waals surface area contributed by atoms with Crippen LogP contribution in [-0.2, 0) is 12.8 Å². The summed E-state index contributed by atoms with van der Waals surface area (Å²) in [5.41, 5.74) is 0.806. The second-order valence-electron chi connectivity index (χ2n) is 3.86. The molecule has 0 heterocycles. The number of rotatable bonds is 1. The van der Waals surface area contributed by atoms with Crippen LogP contribution in [0.3, 0.4) is 0 Å². The van der Waals surface area contributed by atoms with E-state index in [4.69, 9.17) is 0 Å². The number of Topliss-reactive ketones (excluding diaryl/α,β-unsaturated/α-hetero) is 1. The molecule has 0 amide bonds. The minimum absolute atomic E-state index is 0.146. The lowest BCUT2D eigenvalue weighted by Gasteiger charge is -2.06. The summed E-state index contributed by atoms with van der Waals surface area (Å²) in [5.74, 6) is -3.23. The lowest BCUT2D eigenvalue weighted by molar-refractivity contribution is 0.0127. The summed E-state index contributed by atoms with van der Waals surface area (Å²) in [4.78, 5) is 11.2. The molecule has 1 aliphatic carbocycles. The van der Waals surface area contributed by atoms with Gasteiger partial charge in [-0.05, 0) is 24.6 Å². The van der Waals surface area contributed by atoms with Gasteiger partial charge in [-0.2, -0.15) is 0 Å². The highest BCUT2D eigenvalue weighted by Crippen LogP contribution is 2.40. The lowest BCUT2D eigenvalue weighted by Crippen LogP contribution is -2.15. The summed E-state index contributed by atoms with van der Waals surface area (Å²) in [6, 6.07) is 2.70. The van der Waals surface area contributed by atoms with Gasteiger partial charge < -0.3 is 5.11 Å². The first-order valence-corrected chi connectivity index (χ1v) is 4.63. The number of halogens is 2. The molecule has 0 spiro atoms. The molecule has 2 rings (SSSR count). The van der Waals surface area contributed by atoms with Gasteiger partial charge in [0.15, 0.2) is 5.78 Å². The molecule has 4 heteroatoms. The molecule has 1 aromatic rings. The summed E-state index contributed by atoms with van der Waals surface area (Å²) in [5, 5.41) is 9.43. The Balaban J connectivity index is 2.60. The van der Waals surface area contributed by atoms with E-state index in [0.29, 0.717) is 11.1 Å². The molecule has 0 bridgehead atoms. The van der Waals surface area contributed by atoms with Crippen molar-refractivity contribution in [2.45, 2.75) is 25.7 Å². The van der Waals surface area contributed by atoms with Crippen LogP contribution in [0.4, 0.5) is 8.78 Å². The maximum atomic E-state index is 13.1. The maximum Gasteiger partial charge on any atom is 0.256 e. The predicted molar refractivity (Wildman–Crippen MR) is 50.5 cm³/mol. The lowest BCUT2D eigenvalue weighted by atomic mass is 10.00. The molecule has 80 valence electrons. The molecule has 0 unspecified atom stereocenters. The molecule has 1 aliphatic rings. The second-order valence-corrected chi connectivity index (χ2v) is 3.86. The highest BCUT2D eigenvalue weighted by molar-refractivity contribution is 5.96. The molecule has 15 heavy (non-hydrogen) atoms. The van der Waals surface area contributed by atoms with Crippen molar-refractivity contribution in [1.29, 1.82) is 0 Å². The van der Waals surface area contributed by atoms with E-state index >= 15 is 0 Å². The zero-order valence-electron chi connectivity index (χ0n) is 8.18. The number of hydrogen-bond acceptors (Lipinski definition) is 2. The van der Waals surface area contributed by atoms with Crippen LogP contribution in [0.15, 0.2) is 12.1 Å². The third-order valence-corrected chi connectivity index (χ3v) is 2.66. The van der Waals surface area contributed by atoms with Crippen molar-refractivity contribution in [3.8, 4) is 5.75 Å². The number of aromatic hydroxyl groups is 1. The summed E-state index contributed by atoms with van der Waals surface area (Å²) in [7, 11) is 0. The van der Waals surface area contributed by atoms with Gasteiger partial charge in [-0.3, -0.25) is 4.79 Å². The molecule has 0 aromatic heterocycles. The largest absolute Gasteiger partial charge is 0.508 e. The number of ketones is 1. The Kier molecular flexibility index (Phi) is 2.03. The van der Waals surface area contributed by atoms with Crippen LogP contribution in [0.2, 0.25) is 0 Å². The van der Waals surface area contributed by atoms with Crippen LogP contribution in [0, 0.1) is 0 Å². The highest BCUT2D eigenvalue weighted by atomic mass is 19.3. The maximum absolute atomic E-state index is 13.1. The van der Waals surface area contributed by atoms with Crippen molar-refractivity contribution in [3.63, 3.8) is 0 Å². The zero-order chi connectivity index (χ0) is 11.2. The van der Waals surface area contributed by atoms with Gasteiger partial charge in [0.25, 0.3) is 5.92 Å². The van der Waals surface area contributed by atoms with Gasteiger partial charge in [-0.15, -0.1) is 0 Å². The number of carbonyl (C=O) groups is 1. The summed E-state index contributed by atoms with van der Waals surface area (Å²) in [6.07, 6.45) is -0.930. The van der Waals surface area contributed by atoms with E-state index in [9.17, 15) is 18.7 Å². The quantitative estimate of drug-likeness (QED) is 0.725. The highest BCUT2D eigenvalue weighted by Gasteiger charge is 2.40. The number of fused-ring (bicyclic) bond motifs is 1. The Labute approximate surface area is 85.5 Å². The van der Waals surface area contributed by atoms with E-state index in [2.05, 4.69) is 0 Å². The fraction of sp³-hybridized carbons (Fsp3) is 0.364.